The molecule has 5 rings (SSSR count). The number of esters is 1. The third kappa shape index (κ3) is 2.94. The summed E-state index contributed by atoms with van der Waals surface area (Å²) in [5, 5.41) is 2.96. The number of nitrogens with zero attached hydrogens (tertiary/aromatic N) is 1. The number of benzene rings is 2. The van der Waals surface area contributed by atoms with Gasteiger partial charge >= 0.3 is 5.97 Å². The van der Waals surface area contributed by atoms with E-state index in [1.165, 1.54) is 0 Å². The summed E-state index contributed by atoms with van der Waals surface area (Å²) in [5.74, 6) is -1.36. The number of ether oxygens (including phenoxy) is 3. The highest BCUT2D eigenvalue weighted by Crippen LogP contribution is 2.57. The Morgan fingerprint density at radius 3 is 2.71 bits per heavy atom. The largest absolute Gasteiger partial charge is 0.497 e. The molecular weight excluding hydrogens is 436 g/mol. The van der Waals surface area contributed by atoms with Crippen LogP contribution in [0.3, 0.4) is 0 Å². The Kier molecular flexibility index (Phi) is 5.07. The summed E-state index contributed by atoms with van der Waals surface area (Å²) in [6, 6.07) is 8.58. The molecule has 3 aliphatic rings. The second-order valence-corrected chi connectivity index (χ2v) is 9.33. The van der Waals surface area contributed by atoms with Gasteiger partial charge in [0.1, 0.15) is 17.0 Å². The number of amides is 2. The average molecular weight is 465 g/mol. The van der Waals surface area contributed by atoms with E-state index in [0.29, 0.717) is 22.7 Å². The van der Waals surface area contributed by atoms with Crippen molar-refractivity contribution in [3.8, 4) is 11.5 Å². The monoisotopic (exact) mass is 464 g/mol. The normalized spacial score (nSPS) is 26.9. The molecule has 0 aromatic heterocycles. The lowest BCUT2D eigenvalue weighted by Crippen LogP contribution is -2.57. The SMILES string of the molecule is CCOC(=O)C1C2COc3cc(OC)ccc3C2N2C(=O)c3c(C)cc(C)cc3NC(=O)[C@@]12C. The van der Waals surface area contributed by atoms with E-state index in [9.17, 15) is 14.4 Å². The maximum absolute atomic E-state index is 14.2. The maximum atomic E-state index is 14.2. The van der Waals surface area contributed by atoms with Crippen molar-refractivity contribution in [1.82, 2.24) is 4.90 Å². The molecule has 1 N–H and O–H groups in total. The highest BCUT2D eigenvalue weighted by Gasteiger charge is 2.67. The van der Waals surface area contributed by atoms with Crippen LogP contribution in [0.4, 0.5) is 5.69 Å². The van der Waals surface area contributed by atoms with E-state index in [2.05, 4.69) is 5.32 Å². The van der Waals surface area contributed by atoms with Gasteiger partial charge in [-0.1, -0.05) is 6.07 Å². The van der Waals surface area contributed by atoms with Crippen molar-refractivity contribution in [1.29, 1.82) is 0 Å². The topological polar surface area (TPSA) is 94.2 Å². The minimum atomic E-state index is -1.47. The van der Waals surface area contributed by atoms with Crippen molar-refractivity contribution in [3.63, 3.8) is 0 Å². The summed E-state index contributed by atoms with van der Waals surface area (Å²) in [4.78, 5) is 43.0. The van der Waals surface area contributed by atoms with E-state index in [-0.39, 0.29) is 19.1 Å². The van der Waals surface area contributed by atoms with Crippen LogP contribution < -0.4 is 14.8 Å². The number of carbonyl (C=O) groups is 3. The molecule has 178 valence electrons. The number of hydrogen-bond acceptors (Lipinski definition) is 6. The fourth-order valence-corrected chi connectivity index (χ4v) is 5.93. The molecule has 0 bridgehead atoms. The van der Waals surface area contributed by atoms with Gasteiger partial charge in [0, 0.05) is 17.5 Å². The number of aryl methyl sites for hydroxylation is 2. The van der Waals surface area contributed by atoms with Gasteiger partial charge in [0.05, 0.1) is 43.5 Å². The highest BCUT2D eigenvalue weighted by molar-refractivity contribution is 6.14. The number of anilines is 1. The van der Waals surface area contributed by atoms with Crippen LogP contribution in [0.5, 0.6) is 11.5 Å². The quantitative estimate of drug-likeness (QED) is 0.700. The Morgan fingerprint density at radius 2 is 2.00 bits per heavy atom. The van der Waals surface area contributed by atoms with E-state index >= 15 is 0 Å². The standard InChI is InChI=1S/C26H28N2O6/c1-6-33-24(30)21-17-12-34-19-11-15(32-5)7-8-16(19)22(17)28-23(29)20-14(3)9-13(2)10-18(20)27-25(31)26(21,28)4/h7-11,17,21-22H,6,12H2,1-5H3,(H,27,31)/t17?,21?,22?,26-/m1/s1. The molecule has 34 heavy (non-hydrogen) atoms. The first-order valence-corrected chi connectivity index (χ1v) is 11.5. The Bertz CT molecular complexity index is 1220. The summed E-state index contributed by atoms with van der Waals surface area (Å²) in [6.07, 6.45) is 0. The molecule has 4 atom stereocenters. The lowest BCUT2D eigenvalue weighted by molar-refractivity contribution is -0.155. The van der Waals surface area contributed by atoms with Gasteiger partial charge < -0.3 is 24.4 Å². The van der Waals surface area contributed by atoms with E-state index in [1.807, 2.05) is 26.0 Å². The molecule has 3 unspecified atom stereocenters. The van der Waals surface area contributed by atoms with Crippen molar-refractivity contribution in [3.05, 3.63) is 52.6 Å². The lowest BCUT2D eigenvalue weighted by Gasteiger charge is -2.38. The van der Waals surface area contributed by atoms with E-state index in [1.54, 1.807) is 44.1 Å². The molecular formula is C26H28N2O6. The predicted molar refractivity (Wildman–Crippen MR) is 124 cm³/mol. The zero-order valence-corrected chi connectivity index (χ0v) is 19.9. The second kappa shape index (κ2) is 7.75. The van der Waals surface area contributed by atoms with Crippen LogP contribution in [0.15, 0.2) is 30.3 Å². The fourth-order valence-electron chi connectivity index (χ4n) is 5.93. The van der Waals surface area contributed by atoms with Gasteiger partial charge in [-0.3, -0.25) is 14.4 Å². The fraction of sp³-hybridized carbons (Fsp3) is 0.423. The summed E-state index contributed by atoms with van der Waals surface area (Å²) in [7, 11) is 1.57. The van der Waals surface area contributed by atoms with Gasteiger partial charge in [0.15, 0.2) is 0 Å². The Labute approximate surface area is 198 Å². The number of rotatable bonds is 3. The van der Waals surface area contributed by atoms with Crippen LogP contribution >= 0.6 is 0 Å². The summed E-state index contributed by atoms with van der Waals surface area (Å²) < 4.78 is 16.8. The van der Waals surface area contributed by atoms with Crippen LogP contribution in [0.1, 0.15) is 46.9 Å². The van der Waals surface area contributed by atoms with Crippen molar-refractivity contribution in [2.45, 2.75) is 39.3 Å². The van der Waals surface area contributed by atoms with Crippen molar-refractivity contribution in [2.75, 3.05) is 25.6 Å². The molecule has 3 aliphatic heterocycles. The molecule has 2 aromatic carbocycles. The summed E-state index contributed by atoms with van der Waals surface area (Å²) >= 11 is 0. The van der Waals surface area contributed by atoms with Crippen molar-refractivity contribution >= 4 is 23.5 Å². The smallest absolute Gasteiger partial charge is 0.312 e. The zero-order chi connectivity index (χ0) is 24.4. The highest BCUT2D eigenvalue weighted by atomic mass is 16.5. The lowest BCUT2D eigenvalue weighted by atomic mass is 9.77. The second-order valence-electron chi connectivity index (χ2n) is 9.33. The predicted octanol–water partition coefficient (Wildman–Crippen LogP) is 3.41. The molecule has 1 saturated heterocycles. The number of hydrogen-bond donors (Lipinski definition) is 1. The van der Waals surface area contributed by atoms with Crippen LogP contribution in [-0.2, 0) is 14.3 Å². The first kappa shape index (κ1) is 22.3. The summed E-state index contributed by atoms with van der Waals surface area (Å²) in [6.45, 7) is 7.50. The van der Waals surface area contributed by atoms with Crippen LogP contribution in [-0.4, -0.2) is 48.5 Å². The number of carbonyl (C=O) groups excluding carboxylic acids is 3. The van der Waals surface area contributed by atoms with Gasteiger partial charge in [0.2, 0.25) is 0 Å². The molecule has 0 saturated carbocycles. The van der Waals surface area contributed by atoms with Gasteiger partial charge in [0.25, 0.3) is 11.8 Å². The Balaban J connectivity index is 1.76. The molecule has 2 aromatic rings. The van der Waals surface area contributed by atoms with E-state index in [4.69, 9.17) is 14.2 Å². The first-order chi connectivity index (χ1) is 16.2. The minimum absolute atomic E-state index is 0.167. The Morgan fingerprint density at radius 1 is 1.24 bits per heavy atom. The molecule has 1 fully saturated rings. The molecule has 3 heterocycles. The van der Waals surface area contributed by atoms with Crippen molar-refractivity contribution in [2.24, 2.45) is 11.8 Å². The van der Waals surface area contributed by atoms with Crippen LogP contribution in [0, 0.1) is 25.7 Å². The number of methoxy groups -OCH3 is 1. The average Bonchev–Trinajstić information content (AvgIpc) is 3.03. The molecule has 0 spiro atoms. The van der Waals surface area contributed by atoms with Crippen LogP contribution in [0.25, 0.3) is 0 Å². The van der Waals surface area contributed by atoms with E-state index in [0.717, 1.165) is 16.7 Å². The Hall–Kier alpha value is -3.55. The molecule has 8 nitrogen and oxygen atoms in total. The third-order valence-electron chi connectivity index (χ3n) is 7.35. The molecule has 2 amide bonds. The third-order valence-corrected chi connectivity index (χ3v) is 7.35. The molecule has 0 radical (unpaired) electrons. The summed E-state index contributed by atoms with van der Waals surface area (Å²) in [5.41, 5.74) is 1.87. The maximum Gasteiger partial charge on any atom is 0.312 e. The minimum Gasteiger partial charge on any atom is -0.497 e. The number of fused-ring (bicyclic) bond motifs is 6. The van der Waals surface area contributed by atoms with Gasteiger partial charge in [-0.05, 0) is 57.0 Å². The zero-order valence-electron chi connectivity index (χ0n) is 19.9. The first-order valence-electron chi connectivity index (χ1n) is 11.5. The van der Waals surface area contributed by atoms with Crippen LogP contribution in [0.2, 0.25) is 0 Å². The van der Waals surface area contributed by atoms with Gasteiger partial charge in [-0.2, -0.15) is 0 Å². The van der Waals surface area contributed by atoms with Gasteiger partial charge in [-0.25, -0.2) is 0 Å². The molecule has 8 heteroatoms. The van der Waals surface area contributed by atoms with Crippen molar-refractivity contribution < 1.29 is 28.6 Å². The van der Waals surface area contributed by atoms with E-state index < -0.39 is 35.3 Å². The number of nitrogens with one attached hydrogen (secondary N) is 1. The van der Waals surface area contributed by atoms with Gasteiger partial charge in [-0.15, -0.1) is 0 Å². The molecule has 0 aliphatic carbocycles.